The fraction of sp³-hybridized carbons (Fsp3) is 0.233. The number of allylic oxidation sites excluding steroid dienone is 1. The summed E-state index contributed by atoms with van der Waals surface area (Å²) in [6.07, 6.45) is 4.91. The van der Waals surface area contributed by atoms with Gasteiger partial charge in [0.2, 0.25) is 0 Å². The van der Waals surface area contributed by atoms with Gasteiger partial charge in [0, 0.05) is 31.1 Å². The predicted molar refractivity (Wildman–Crippen MR) is 134 cm³/mol. The van der Waals surface area contributed by atoms with E-state index >= 15 is 0 Å². The number of carbonyl (C=O) groups is 1. The van der Waals surface area contributed by atoms with Gasteiger partial charge in [-0.25, -0.2) is 4.79 Å². The van der Waals surface area contributed by atoms with Crippen molar-refractivity contribution in [2.24, 2.45) is 0 Å². The maximum absolute atomic E-state index is 13.0. The number of rotatable bonds is 6. The Bertz CT molecular complexity index is 1100. The highest BCUT2D eigenvalue weighted by Crippen LogP contribution is 2.35. The zero-order valence-corrected chi connectivity index (χ0v) is 19.4. The number of hydrogen-bond donors (Lipinski definition) is 0. The van der Waals surface area contributed by atoms with E-state index in [-0.39, 0.29) is 17.9 Å². The van der Waals surface area contributed by atoms with E-state index in [1.807, 2.05) is 37.4 Å². The average Bonchev–Trinajstić information content (AvgIpc) is 2.85. The number of nitrogens with zero attached hydrogens (tertiary/aromatic N) is 1. The Kier molecular flexibility index (Phi) is 7.41. The first-order valence-corrected chi connectivity index (χ1v) is 11.6. The zero-order chi connectivity index (χ0) is 23.0. The van der Waals surface area contributed by atoms with Crippen molar-refractivity contribution in [3.63, 3.8) is 0 Å². The highest BCUT2D eigenvalue weighted by Gasteiger charge is 2.27. The number of esters is 1. The summed E-state index contributed by atoms with van der Waals surface area (Å²) in [7, 11) is 0. The summed E-state index contributed by atoms with van der Waals surface area (Å²) in [6, 6.07) is 31.5. The minimum absolute atomic E-state index is 0.135. The molecule has 3 aromatic rings. The van der Waals surface area contributed by atoms with Crippen molar-refractivity contribution >= 4 is 11.5 Å². The molecule has 0 fully saturated rings. The van der Waals surface area contributed by atoms with Crippen LogP contribution >= 0.6 is 0 Å². The summed E-state index contributed by atoms with van der Waals surface area (Å²) in [6.45, 7) is 5.18. The van der Waals surface area contributed by atoms with Crippen molar-refractivity contribution in [3.8, 4) is 0 Å². The van der Waals surface area contributed by atoms with E-state index in [0.717, 1.165) is 17.7 Å². The Balaban J connectivity index is 1.81. The molecule has 168 valence electrons. The maximum atomic E-state index is 13.0. The molecule has 0 saturated carbocycles. The monoisotopic (exact) mass is 437 g/mol. The van der Waals surface area contributed by atoms with Crippen LogP contribution in [0.15, 0.2) is 109 Å². The summed E-state index contributed by atoms with van der Waals surface area (Å²) >= 11 is 0. The molecule has 4 rings (SSSR count). The van der Waals surface area contributed by atoms with Gasteiger partial charge in [0.25, 0.3) is 0 Å². The van der Waals surface area contributed by atoms with E-state index in [0.29, 0.717) is 18.6 Å². The number of benzene rings is 3. The molecule has 33 heavy (non-hydrogen) atoms. The molecule has 2 atom stereocenters. The molecular weight excluding hydrogens is 406 g/mol. The average molecular weight is 438 g/mol. The van der Waals surface area contributed by atoms with Crippen LogP contribution in [0.25, 0.3) is 5.57 Å². The fourth-order valence-electron chi connectivity index (χ4n) is 4.42. The number of carbonyl (C=O) groups excluding carboxylic acids is 1. The Morgan fingerprint density at radius 2 is 1.52 bits per heavy atom. The van der Waals surface area contributed by atoms with E-state index in [1.54, 1.807) is 0 Å². The molecular formula is C30H31NO2. The molecule has 1 aliphatic heterocycles. The third kappa shape index (κ3) is 5.61. The lowest BCUT2D eigenvalue weighted by atomic mass is 9.85. The molecule has 1 aliphatic rings. The van der Waals surface area contributed by atoms with Gasteiger partial charge in [-0.3, -0.25) is 0 Å². The van der Waals surface area contributed by atoms with Crippen molar-refractivity contribution in [1.29, 1.82) is 0 Å². The van der Waals surface area contributed by atoms with Gasteiger partial charge in [-0.1, -0.05) is 97.1 Å². The van der Waals surface area contributed by atoms with Crippen LogP contribution in [0, 0.1) is 0 Å². The van der Waals surface area contributed by atoms with Gasteiger partial charge < -0.3 is 9.64 Å². The molecule has 1 heterocycles. The van der Waals surface area contributed by atoms with Crippen LogP contribution in [-0.4, -0.2) is 23.5 Å². The van der Waals surface area contributed by atoms with E-state index in [2.05, 4.69) is 84.6 Å². The second-order valence-corrected chi connectivity index (χ2v) is 8.44. The molecule has 0 aliphatic carbocycles. The number of hydrogen-bond acceptors (Lipinski definition) is 3. The van der Waals surface area contributed by atoms with Crippen LogP contribution in [0.2, 0.25) is 0 Å². The Labute approximate surface area is 197 Å². The number of ether oxygens (including phenoxy) is 1. The van der Waals surface area contributed by atoms with Gasteiger partial charge in [0.1, 0.15) is 0 Å². The van der Waals surface area contributed by atoms with Gasteiger partial charge in [-0.15, -0.1) is 0 Å². The molecule has 3 aromatic carbocycles. The summed E-state index contributed by atoms with van der Waals surface area (Å²) in [5, 5.41) is 0. The van der Waals surface area contributed by atoms with E-state index in [1.165, 1.54) is 11.1 Å². The maximum Gasteiger partial charge on any atom is 0.335 e. The summed E-state index contributed by atoms with van der Waals surface area (Å²) in [4.78, 5) is 15.2. The normalized spacial score (nSPS) is 21.7. The molecule has 3 nitrogen and oxygen atoms in total. The van der Waals surface area contributed by atoms with Crippen LogP contribution in [-0.2, 0) is 16.1 Å². The van der Waals surface area contributed by atoms with Crippen LogP contribution in [0.5, 0.6) is 0 Å². The topological polar surface area (TPSA) is 29.5 Å². The molecule has 0 bridgehead atoms. The van der Waals surface area contributed by atoms with Gasteiger partial charge in [0.15, 0.2) is 0 Å². The van der Waals surface area contributed by atoms with Gasteiger partial charge in [-0.05, 0) is 36.1 Å². The lowest BCUT2D eigenvalue weighted by molar-refractivity contribution is -0.138. The predicted octanol–water partition coefficient (Wildman–Crippen LogP) is 6.60. The quantitative estimate of drug-likeness (QED) is 0.407. The minimum atomic E-state index is -0.247. The Morgan fingerprint density at radius 1 is 0.909 bits per heavy atom. The van der Waals surface area contributed by atoms with Crippen LogP contribution in [0.4, 0.5) is 0 Å². The van der Waals surface area contributed by atoms with Gasteiger partial charge in [0.05, 0.1) is 12.2 Å². The summed E-state index contributed by atoms with van der Waals surface area (Å²) < 4.78 is 5.45. The van der Waals surface area contributed by atoms with Gasteiger partial charge in [-0.2, -0.15) is 0 Å². The lowest BCUT2D eigenvalue weighted by Gasteiger charge is -2.36. The zero-order valence-electron chi connectivity index (χ0n) is 19.4. The van der Waals surface area contributed by atoms with E-state index in [9.17, 15) is 4.79 Å². The first-order valence-electron chi connectivity index (χ1n) is 11.6. The van der Waals surface area contributed by atoms with E-state index in [4.69, 9.17) is 4.74 Å². The van der Waals surface area contributed by atoms with Crippen LogP contribution < -0.4 is 0 Å². The second kappa shape index (κ2) is 10.8. The first-order chi connectivity index (χ1) is 16.2. The minimum Gasteiger partial charge on any atom is -0.463 e. The Morgan fingerprint density at radius 3 is 2.15 bits per heavy atom. The fourth-order valence-corrected chi connectivity index (χ4v) is 4.42. The third-order valence-electron chi connectivity index (χ3n) is 6.20. The van der Waals surface area contributed by atoms with Crippen molar-refractivity contribution in [2.75, 3.05) is 6.61 Å². The van der Waals surface area contributed by atoms with Crippen molar-refractivity contribution in [1.82, 2.24) is 4.90 Å². The summed E-state index contributed by atoms with van der Waals surface area (Å²) in [5.74, 6) is -0.0760. The molecule has 0 amide bonds. The Hall–Kier alpha value is -3.59. The highest BCUT2D eigenvalue weighted by molar-refractivity contribution is 5.91. The molecule has 0 spiro atoms. The van der Waals surface area contributed by atoms with E-state index < -0.39 is 0 Å². The van der Waals surface area contributed by atoms with Crippen LogP contribution in [0.1, 0.15) is 42.9 Å². The molecule has 0 aromatic heterocycles. The third-order valence-corrected chi connectivity index (χ3v) is 6.20. The van der Waals surface area contributed by atoms with Crippen LogP contribution in [0.3, 0.4) is 0 Å². The van der Waals surface area contributed by atoms with Gasteiger partial charge >= 0.3 is 5.97 Å². The standard InChI is InChI=1S/C30H31NO2/c1-3-33-30(32)28-19-27(25-15-9-5-10-16-25)20-29(26-17-11-6-12-18-26)23(2)31(22-28)21-24-13-7-4-8-14-24/h4-18,20,22-23,29H,3,19,21H2,1-2H3/b27-20+,28-22+/t23-,29+/m0/s1. The van der Waals surface area contributed by atoms with Crippen molar-refractivity contribution in [2.45, 2.75) is 38.8 Å². The molecule has 0 unspecified atom stereocenters. The molecule has 0 radical (unpaired) electrons. The molecule has 0 N–H and O–H groups in total. The molecule has 3 heteroatoms. The first kappa shape index (κ1) is 22.6. The lowest BCUT2D eigenvalue weighted by Crippen LogP contribution is -2.34. The van der Waals surface area contributed by atoms with Crippen molar-refractivity contribution in [3.05, 3.63) is 126 Å². The highest BCUT2D eigenvalue weighted by atomic mass is 16.5. The molecule has 0 saturated heterocycles. The second-order valence-electron chi connectivity index (χ2n) is 8.44. The smallest absolute Gasteiger partial charge is 0.335 e. The summed E-state index contributed by atoms with van der Waals surface area (Å²) in [5.41, 5.74) is 5.45. The van der Waals surface area contributed by atoms with Crippen molar-refractivity contribution < 1.29 is 9.53 Å². The largest absolute Gasteiger partial charge is 0.463 e. The SMILES string of the molecule is CCOC(=O)/C1=C/N(Cc2ccccc2)[C@@H](C)[C@H](c2ccccc2)/C=C(/c2ccccc2)C1.